The van der Waals surface area contributed by atoms with Crippen molar-refractivity contribution >= 4 is 24.3 Å². The van der Waals surface area contributed by atoms with Gasteiger partial charge in [0.2, 0.25) is 0 Å². The molecular formula is C12H15NO6S. The molecule has 0 radical (unpaired) electrons. The molecule has 110 valence electrons. The van der Waals surface area contributed by atoms with Crippen molar-refractivity contribution < 1.29 is 24.7 Å². The molecule has 0 bridgehead atoms. The van der Waals surface area contributed by atoms with E-state index < -0.39 is 23.1 Å². The first-order valence-corrected chi connectivity index (χ1v) is 6.38. The first kappa shape index (κ1) is 16.4. The van der Waals surface area contributed by atoms with Crippen LogP contribution < -0.4 is 0 Å². The fourth-order valence-corrected chi connectivity index (χ4v) is 1.92. The Hall–Kier alpha value is -1.64. The number of thiol groups is 1. The van der Waals surface area contributed by atoms with Crippen molar-refractivity contribution in [2.24, 2.45) is 0 Å². The van der Waals surface area contributed by atoms with Crippen LogP contribution in [-0.2, 0) is 4.74 Å². The lowest BCUT2D eigenvalue weighted by Gasteiger charge is -2.17. The van der Waals surface area contributed by atoms with Crippen molar-refractivity contribution in [3.8, 4) is 0 Å². The molecule has 0 aliphatic carbocycles. The van der Waals surface area contributed by atoms with Crippen LogP contribution in [0.15, 0.2) is 18.2 Å². The molecule has 20 heavy (non-hydrogen) atoms. The second-order valence-electron chi connectivity index (χ2n) is 4.09. The Bertz CT molecular complexity index is 507. The van der Waals surface area contributed by atoms with E-state index in [1.165, 1.54) is 6.07 Å². The highest BCUT2D eigenvalue weighted by Crippen LogP contribution is 2.25. The van der Waals surface area contributed by atoms with Gasteiger partial charge in [-0.15, -0.1) is 0 Å². The average molecular weight is 301 g/mol. The number of carbonyl (C=O) groups is 1. The monoisotopic (exact) mass is 301 g/mol. The van der Waals surface area contributed by atoms with Crippen LogP contribution in [0.4, 0.5) is 5.69 Å². The van der Waals surface area contributed by atoms with Crippen molar-refractivity contribution in [1.82, 2.24) is 0 Å². The standard InChI is InChI=1S/C12H15NO6S/c1-19-12(16)8-4-7(5-9(6-8)13(17)18)11(15)10(14)2-3-20/h4-6,10-11,14-15,20H,2-3H2,1H3. The van der Waals surface area contributed by atoms with Crippen molar-refractivity contribution in [2.45, 2.75) is 18.6 Å². The second-order valence-corrected chi connectivity index (χ2v) is 4.53. The third-order valence-electron chi connectivity index (χ3n) is 2.70. The number of ether oxygens (including phenoxy) is 1. The molecule has 0 fully saturated rings. The first-order valence-electron chi connectivity index (χ1n) is 5.75. The summed E-state index contributed by atoms with van der Waals surface area (Å²) in [5.41, 5.74) is -0.345. The van der Waals surface area contributed by atoms with Crippen LogP contribution in [0.1, 0.15) is 28.4 Å². The van der Waals surface area contributed by atoms with Gasteiger partial charge in [-0.3, -0.25) is 10.1 Å². The van der Waals surface area contributed by atoms with Crippen LogP contribution in [0.5, 0.6) is 0 Å². The zero-order chi connectivity index (χ0) is 15.3. The summed E-state index contributed by atoms with van der Waals surface area (Å²) in [5, 5.41) is 30.5. The molecule has 2 N–H and O–H groups in total. The lowest BCUT2D eigenvalue weighted by atomic mass is 9.99. The Balaban J connectivity index is 3.21. The fourth-order valence-electron chi connectivity index (χ4n) is 1.66. The van der Waals surface area contributed by atoms with E-state index in [0.717, 1.165) is 19.2 Å². The van der Waals surface area contributed by atoms with E-state index in [-0.39, 0.29) is 23.2 Å². The van der Waals surface area contributed by atoms with Gasteiger partial charge in [-0.1, -0.05) is 0 Å². The highest BCUT2D eigenvalue weighted by atomic mass is 32.1. The van der Waals surface area contributed by atoms with E-state index in [1.807, 2.05) is 0 Å². The number of nitrogens with zero attached hydrogens (tertiary/aromatic N) is 1. The van der Waals surface area contributed by atoms with Crippen LogP contribution in [0, 0.1) is 10.1 Å². The number of aliphatic hydroxyl groups is 2. The predicted molar refractivity (Wildman–Crippen MR) is 73.9 cm³/mol. The molecule has 0 amide bonds. The number of nitro groups is 1. The minimum atomic E-state index is -1.34. The number of hydrogen-bond acceptors (Lipinski definition) is 7. The van der Waals surface area contributed by atoms with Gasteiger partial charge < -0.3 is 14.9 Å². The predicted octanol–water partition coefficient (Wildman–Crippen LogP) is 1.10. The van der Waals surface area contributed by atoms with Crippen LogP contribution in [-0.4, -0.2) is 40.1 Å². The van der Waals surface area contributed by atoms with Crippen molar-refractivity contribution in [2.75, 3.05) is 12.9 Å². The molecule has 0 saturated heterocycles. The lowest BCUT2D eigenvalue weighted by Crippen LogP contribution is -2.19. The van der Waals surface area contributed by atoms with Gasteiger partial charge in [0.25, 0.3) is 5.69 Å². The molecule has 2 atom stereocenters. The quantitative estimate of drug-likeness (QED) is 0.314. The first-order chi connectivity index (χ1) is 9.40. The summed E-state index contributed by atoms with van der Waals surface area (Å²) in [6.07, 6.45) is -2.26. The minimum absolute atomic E-state index is 0.0613. The smallest absolute Gasteiger partial charge is 0.338 e. The van der Waals surface area contributed by atoms with Crippen molar-refractivity contribution in [1.29, 1.82) is 0 Å². The third-order valence-corrected chi connectivity index (χ3v) is 2.96. The molecule has 0 heterocycles. The Morgan fingerprint density at radius 3 is 2.60 bits per heavy atom. The molecule has 0 aliphatic rings. The molecule has 8 heteroatoms. The molecular weight excluding hydrogens is 286 g/mol. The average Bonchev–Trinajstić information content (AvgIpc) is 2.45. The summed E-state index contributed by atoms with van der Waals surface area (Å²) in [5.74, 6) is -0.414. The molecule has 1 aromatic carbocycles. The topological polar surface area (TPSA) is 110 Å². The van der Waals surface area contributed by atoms with E-state index in [9.17, 15) is 25.1 Å². The summed E-state index contributed by atoms with van der Waals surface area (Å²) in [4.78, 5) is 21.6. The number of nitro benzene ring substituents is 1. The lowest BCUT2D eigenvalue weighted by molar-refractivity contribution is -0.385. The molecule has 0 spiro atoms. The van der Waals surface area contributed by atoms with Gasteiger partial charge in [-0.25, -0.2) is 4.79 Å². The van der Waals surface area contributed by atoms with Crippen molar-refractivity contribution in [3.63, 3.8) is 0 Å². The highest BCUT2D eigenvalue weighted by molar-refractivity contribution is 7.80. The molecule has 0 saturated carbocycles. The molecule has 0 aliphatic heterocycles. The number of non-ortho nitro benzene ring substituents is 1. The summed E-state index contributed by atoms with van der Waals surface area (Å²) < 4.78 is 4.50. The van der Waals surface area contributed by atoms with Gasteiger partial charge in [-0.05, 0) is 23.8 Å². The van der Waals surface area contributed by atoms with Crippen molar-refractivity contribution in [3.05, 3.63) is 39.4 Å². The van der Waals surface area contributed by atoms with E-state index >= 15 is 0 Å². The maximum atomic E-state index is 11.5. The summed E-state index contributed by atoms with van der Waals surface area (Å²) >= 11 is 3.93. The number of benzene rings is 1. The summed E-state index contributed by atoms with van der Waals surface area (Å²) in [7, 11) is 1.15. The van der Waals surface area contributed by atoms with Gasteiger partial charge in [0, 0.05) is 12.1 Å². The zero-order valence-electron chi connectivity index (χ0n) is 10.7. The van der Waals surface area contributed by atoms with E-state index in [1.54, 1.807) is 0 Å². The number of aliphatic hydroxyl groups excluding tert-OH is 2. The second kappa shape index (κ2) is 7.22. The Kier molecular flexibility index (Phi) is 5.93. The summed E-state index contributed by atoms with van der Waals surface area (Å²) in [6, 6.07) is 3.41. The third kappa shape index (κ3) is 3.92. The number of methoxy groups -OCH3 is 1. The van der Waals surface area contributed by atoms with E-state index in [4.69, 9.17) is 0 Å². The fraction of sp³-hybridized carbons (Fsp3) is 0.417. The Labute approximate surface area is 120 Å². The number of esters is 1. The number of rotatable bonds is 6. The van der Waals surface area contributed by atoms with E-state index in [0.29, 0.717) is 5.75 Å². The van der Waals surface area contributed by atoms with Crippen LogP contribution in [0.2, 0.25) is 0 Å². The molecule has 1 rings (SSSR count). The maximum Gasteiger partial charge on any atom is 0.338 e. The van der Waals surface area contributed by atoms with Gasteiger partial charge >= 0.3 is 5.97 Å². The Morgan fingerprint density at radius 2 is 2.10 bits per heavy atom. The normalized spacial score (nSPS) is 13.6. The molecule has 0 aromatic heterocycles. The molecule has 1 aromatic rings. The van der Waals surface area contributed by atoms with Crippen LogP contribution in [0.3, 0.4) is 0 Å². The SMILES string of the molecule is COC(=O)c1cc(C(O)C(O)CCS)cc([N+](=O)[O-])c1. The summed E-state index contributed by atoms with van der Waals surface area (Å²) in [6.45, 7) is 0. The molecule has 7 nitrogen and oxygen atoms in total. The van der Waals surface area contributed by atoms with Crippen LogP contribution in [0.25, 0.3) is 0 Å². The molecule has 2 unspecified atom stereocenters. The van der Waals surface area contributed by atoms with Gasteiger partial charge in [0.05, 0.1) is 23.7 Å². The highest BCUT2D eigenvalue weighted by Gasteiger charge is 2.23. The maximum absolute atomic E-state index is 11.5. The van der Waals surface area contributed by atoms with Gasteiger partial charge in [-0.2, -0.15) is 12.6 Å². The zero-order valence-corrected chi connectivity index (χ0v) is 11.6. The number of carbonyl (C=O) groups excluding carboxylic acids is 1. The van der Waals surface area contributed by atoms with E-state index in [2.05, 4.69) is 17.4 Å². The largest absolute Gasteiger partial charge is 0.465 e. The Morgan fingerprint density at radius 1 is 1.45 bits per heavy atom. The van der Waals surface area contributed by atoms with Gasteiger partial charge in [0.1, 0.15) is 6.10 Å². The van der Waals surface area contributed by atoms with Gasteiger partial charge in [0.15, 0.2) is 0 Å². The van der Waals surface area contributed by atoms with Crippen LogP contribution >= 0.6 is 12.6 Å². The number of hydrogen-bond donors (Lipinski definition) is 3. The minimum Gasteiger partial charge on any atom is -0.465 e.